The number of sulfonamides is 1. The minimum atomic E-state index is -3.76. The quantitative estimate of drug-likeness (QED) is 0.781. The molecule has 0 fully saturated rings. The molecule has 140 valence electrons. The molecule has 0 aliphatic heterocycles. The summed E-state index contributed by atoms with van der Waals surface area (Å²) in [6, 6.07) is 11.1. The zero-order valence-corrected chi connectivity index (χ0v) is 17.0. The van der Waals surface area contributed by atoms with Crippen molar-refractivity contribution in [2.75, 3.05) is 10.6 Å². The average Bonchev–Trinajstić information content (AvgIpc) is 2.56. The summed E-state index contributed by atoms with van der Waals surface area (Å²) in [7, 11) is -3.76. The van der Waals surface area contributed by atoms with Gasteiger partial charge in [0.15, 0.2) is 0 Å². The highest BCUT2D eigenvalue weighted by atomic mass is 35.5. The van der Waals surface area contributed by atoms with Gasteiger partial charge in [-0.15, -0.1) is 0 Å². The largest absolute Gasteiger partial charge is 0.350 e. The normalized spacial score (nSPS) is 12.5. The first kappa shape index (κ1) is 20.6. The first-order valence-electron chi connectivity index (χ1n) is 7.88. The summed E-state index contributed by atoms with van der Waals surface area (Å²) in [6.07, 6.45) is 1.02. The number of hydrogen-bond donors (Lipinski definition) is 1. The van der Waals surface area contributed by atoms with E-state index in [-0.39, 0.29) is 10.7 Å². The highest BCUT2D eigenvalue weighted by Gasteiger charge is 2.30. The fourth-order valence-corrected chi connectivity index (χ4v) is 4.18. The van der Waals surface area contributed by atoms with E-state index >= 15 is 0 Å². The van der Waals surface area contributed by atoms with E-state index in [0.717, 1.165) is 21.7 Å². The highest BCUT2D eigenvalue weighted by Crippen LogP contribution is 2.32. The van der Waals surface area contributed by atoms with Gasteiger partial charge in [-0.25, -0.2) is 8.42 Å². The number of aryl methyl sites for hydroxylation is 1. The van der Waals surface area contributed by atoms with Gasteiger partial charge in [-0.1, -0.05) is 47.5 Å². The number of nitrogens with one attached hydrogen (secondary N) is 1. The number of benzene rings is 2. The minimum absolute atomic E-state index is 0.167. The lowest BCUT2D eigenvalue weighted by Gasteiger charge is -2.29. The first-order valence-corrected chi connectivity index (χ1v) is 10.5. The zero-order chi connectivity index (χ0) is 19.5. The van der Waals surface area contributed by atoms with Crippen molar-refractivity contribution in [1.82, 2.24) is 5.32 Å². The number of rotatable bonds is 6. The molecule has 2 aromatic carbocycles. The molecule has 8 heteroatoms. The molecule has 0 saturated heterocycles. The third-order valence-corrected chi connectivity index (χ3v) is 5.73. The van der Waals surface area contributed by atoms with Crippen LogP contribution in [-0.4, -0.2) is 26.6 Å². The molecule has 0 aromatic heterocycles. The van der Waals surface area contributed by atoms with E-state index in [9.17, 15) is 13.2 Å². The zero-order valence-electron chi connectivity index (χ0n) is 14.7. The average molecular weight is 415 g/mol. The highest BCUT2D eigenvalue weighted by molar-refractivity contribution is 7.92. The van der Waals surface area contributed by atoms with Crippen molar-refractivity contribution in [3.63, 3.8) is 0 Å². The Labute approximate surface area is 164 Å². The Kier molecular flexibility index (Phi) is 6.55. The smallest absolute Gasteiger partial charge is 0.243 e. The van der Waals surface area contributed by atoms with Crippen LogP contribution in [0.3, 0.4) is 0 Å². The van der Waals surface area contributed by atoms with Crippen molar-refractivity contribution < 1.29 is 13.2 Å². The maximum Gasteiger partial charge on any atom is 0.243 e. The van der Waals surface area contributed by atoms with Gasteiger partial charge in [-0.3, -0.25) is 9.10 Å². The Morgan fingerprint density at radius 3 is 2.46 bits per heavy atom. The summed E-state index contributed by atoms with van der Waals surface area (Å²) in [5.74, 6) is -0.435. The molecular weight excluding hydrogens is 395 g/mol. The van der Waals surface area contributed by atoms with Crippen LogP contribution in [-0.2, 0) is 21.4 Å². The van der Waals surface area contributed by atoms with E-state index < -0.39 is 22.0 Å². The van der Waals surface area contributed by atoms with Crippen LogP contribution in [0, 0.1) is 6.92 Å². The Bertz CT molecular complexity index is 916. The van der Waals surface area contributed by atoms with Gasteiger partial charge in [-0.2, -0.15) is 0 Å². The molecule has 1 amide bonds. The molecule has 2 aromatic rings. The van der Waals surface area contributed by atoms with E-state index in [4.69, 9.17) is 23.2 Å². The molecule has 0 spiro atoms. The van der Waals surface area contributed by atoms with Crippen molar-refractivity contribution in [3.8, 4) is 0 Å². The molecule has 2 rings (SSSR count). The van der Waals surface area contributed by atoms with Crippen molar-refractivity contribution in [2.24, 2.45) is 0 Å². The summed E-state index contributed by atoms with van der Waals surface area (Å²) in [4.78, 5) is 12.6. The second-order valence-electron chi connectivity index (χ2n) is 5.97. The van der Waals surface area contributed by atoms with Crippen molar-refractivity contribution >= 4 is 44.8 Å². The topological polar surface area (TPSA) is 66.5 Å². The van der Waals surface area contributed by atoms with E-state index in [0.29, 0.717) is 11.6 Å². The molecule has 1 unspecified atom stereocenters. The van der Waals surface area contributed by atoms with Crippen molar-refractivity contribution in [2.45, 2.75) is 26.4 Å². The predicted octanol–water partition coefficient (Wildman–Crippen LogP) is 3.77. The van der Waals surface area contributed by atoms with Crippen molar-refractivity contribution in [3.05, 3.63) is 63.6 Å². The molecule has 1 atom stereocenters. The van der Waals surface area contributed by atoms with Gasteiger partial charge >= 0.3 is 0 Å². The van der Waals surface area contributed by atoms with Crippen LogP contribution < -0.4 is 9.62 Å². The Morgan fingerprint density at radius 2 is 1.85 bits per heavy atom. The summed E-state index contributed by atoms with van der Waals surface area (Å²) in [6.45, 7) is 3.75. The van der Waals surface area contributed by atoms with Gasteiger partial charge in [0, 0.05) is 11.6 Å². The first-order chi connectivity index (χ1) is 12.1. The lowest BCUT2D eigenvalue weighted by atomic mass is 10.1. The van der Waals surface area contributed by atoms with Crippen LogP contribution >= 0.6 is 23.2 Å². The molecule has 1 N–H and O–H groups in total. The fraction of sp³-hybridized carbons (Fsp3) is 0.278. The molecule has 0 heterocycles. The third kappa shape index (κ3) is 4.90. The van der Waals surface area contributed by atoms with Crippen LogP contribution in [0.15, 0.2) is 42.5 Å². The molecule has 0 aliphatic rings. The van der Waals surface area contributed by atoms with E-state index in [2.05, 4.69) is 5.32 Å². The van der Waals surface area contributed by atoms with E-state index in [1.807, 2.05) is 31.2 Å². The summed E-state index contributed by atoms with van der Waals surface area (Å²) < 4.78 is 25.6. The fourth-order valence-electron chi connectivity index (χ4n) is 2.57. The number of hydrogen-bond acceptors (Lipinski definition) is 3. The minimum Gasteiger partial charge on any atom is -0.350 e. The van der Waals surface area contributed by atoms with Crippen LogP contribution in [0.25, 0.3) is 0 Å². The summed E-state index contributed by atoms with van der Waals surface area (Å²) in [5, 5.41) is 3.29. The SMILES string of the molecule is Cc1ccccc1CNC(=O)C(C)N(c1cc(Cl)ccc1Cl)S(C)(=O)=O. The third-order valence-electron chi connectivity index (χ3n) is 3.95. The molecule has 0 saturated carbocycles. The summed E-state index contributed by atoms with van der Waals surface area (Å²) in [5.41, 5.74) is 2.17. The van der Waals surface area contributed by atoms with Crippen LogP contribution in [0.1, 0.15) is 18.1 Å². The van der Waals surface area contributed by atoms with Crippen LogP contribution in [0.5, 0.6) is 0 Å². The second-order valence-corrected chi connectivity index (χ2v) is 8.68. The lowest BCUT2D eigenvalue weighted by Crippen LogP contribution is -2.47. The molecular formula is C18H20Cl2N2O3S. The number of amides is 1. The Morgan fingerprint density at radius 1 is 1.19 bits per heavy atom. The van der Waals surface area contributed by atoms with Gasteiger partial charge in [0.1, 0.15) is 6.04 Å². The monoisotopic (exact) mass is 414 g/mol. The maximum atomic E-state index is 12.6. The number of carbonyl (C=O) groups is 1. The Balaban J connectivity index is 2.27. The lowest BCUT2D eigenvalue weighted by molar-refractivity contribution is -0.122. The van der Waals surface area contributed by atoms with Crippen LogP contribution in [0.2, 0.25) is 10.0 Å². The van der Waals surface area contributed by atoms with Gasteiger partial charge < -0.3 is 5.32 Å². The molecule has 0 radical (unpaired) electrons. The Hall–Kier alpha value is -1.76. The molecule has 0 aliphatic carbocycles. The standard InChI is InChI=1S/C18H20Cl2N2O3S/c1-12-6-4-5-7-14(12)11-21-18(23)13(2)22(26(3,24)25)17-10-15(19)8-9-16(17)20/h4-10,13H,11H2,1-3H3,(H,21,23). The van der Waals surface area contributed by atoms with Gasteiger partial charge in [0.2, 0.25) is 15.9 Å². The summed E-state index contributed by atoms with van der Waals surface area (Å²) >= 11 is 12.1. The number of halogens is 2. The predicted molar refractivity (Wildman–Crippen MR) is 106 cm³/mol. The van der Waals surface area contributed by atoms with Gasteiger partial charge in [0.05, 0.1) is 17.0 Å². The van der Waals surface area contributed by atoms with Gasteiger partial charge in [0.25, 0.3) is 0 Å². The second kappa shape index (κ2) is 8.29. The van der Waals surface area contributed by atoms with Crippen molar-refractivity contribution in [1.29, 1.82) is 0 Å². The molecule has 5 nitrogen and oxygen atoms in total. The molecule has 26 heavy (non-hydrogen) atoms. The maximum absolute atomic E-state index is 12.6. The number of anilines is 1. The number of nitrogens with zero attached hydrogens (tertiary/aromatic N) is 1. The molecule has 0 bridgehead atoms. The van der Waals surface area contributed by atoms with Crippen LogP contribution in [0.4, 0.5) is 5.69 Å². The van der Waals surface area contributed by atoms with E-state index in [1.165, 1.54) is 19.1 Å². The van der Waals surface area contributed by atoms with Gasteiger partial charge in [-0.05, 0) is 43.2 Å². The number of carbonyl (C=O) groups excluding carboxylic acids is 1. The van der Waals surface area contributed by atoms with E-state index in [1.54, 1.807) is 6.07 Å².